The summed E-state index contributed by atoms with van der Waals surface area (Å²) in [7, 11) is 1.65. The topological polar surface area (TPSA) is 70.1 Å². The van der Waals surface area contributed by atoms with E-state index in [0.29, 0.717) is 5.92 Å². The Kier molecular flexibility index (Phi) is 4.81. The molecule has 154 valence electrons. The first-order chi connectivity index (χ1) is 14.6. The third-order valence-corrected chi connectivity index (χ3v) is 6.53. The third-order valence-electron chi connectivity index (χ3n) is 6.53. The Bertz CT molecular complexity index is 1120. The van der Waals surface area contributed by atoms with Crippen molar-refractivity contribution in [2.75, 3.05) is 12.3 Å². The molecule has 1 aromatic heterocycles. The van der Waals surface area contributed by atoms with Crippen molar-refractivity contribution in [2.45, 2.75) is 37.5 Å². The second-order valence-electron chi connectivity index (χ2n) is 8.63. The molecule has 2 N–H and O–H groups in total. The van der Waals surface area contributed by atoms with Gasteiger partial charge in [0.25, 0.3) is 5.56 Å². The van der Waals surface area contributed by atoms with E-state index in [1.54, 1.807) is 13.1 Å². The van der Waals surface area contributed by atoms with Crippen LogP contribution in [0.5, 0.6) is 5.75 Å². The van der Waals surface area contributed by atoms with Crippen molar-refractivity contribution in [3.05, 3.63) is 76.2 Å². The monoisotopic (exact) mass is 401 g/mol. The van der Waals surface area contributed by atoms with Crippen LogP contribution in [0, 0.1) is 5.92 Å². The summed E-state index contributed by atoms with van der Waals surface area (Å²) in [6.07, 6.45) is 4.73. The smallest absolute Gasteiger partial charge is 0.254 e. The van der Waals surface area contributed by atoms with Crippen LogP contribution in [0.1, 0.15) is 48.8 Å². The Morgan fingerprint density at radius 2 is 1.77 bits per heavy atom. The van der Waals surface area contributed by atoms with Crippen molar-refractivity contribution < 1.29 is 4.74 Å². The predicted molar refractivity (Wildman–Crippen MR) is 119 cm³/mol. The van der Waals surface area contributed by atoms with Crippen LogP contribution in [-0.2, 0) is 7.05 Å². The van der Waals surface area contributed by atoms with Gasteiger partial charge >= 0.3 is 0 Å². The second kappa shape index (κ2) is 7.63. The molecule has 2 aliphatic rings. The molecule has 2 fully saturated rings. The number of rotatable bonds is 6. The normalized spacial score (nSPS) is 20.6. The number of hydrogen-bond acceptors (Lipinski definition) is 4. The average molecular weight is 402 g/mol. The lowest BCUT2D eigenvalue weighted by Crippen LogP contribution is -2.28. The fourth-order valence-electron chi connectivity index (χ4n) is 4.21. The molecule has 2 unspecified atom stereocenters. The first kappa shape index (κ1) is 18.9. The van der Waals surface area contributed by atoms with Crippen LogP contribution in [0.2, 0.25) is 0 Å². The zero-order chi connectivity index (χ0) is 20.7. The van der Waals surface area contributed by atoms with Gasteiger partial charge in [-0.2, -0.15) is 0 Å². The molecule has 2 aliphatic carbocycles. The van der Waals surface area contributed by atoms with E-state index >= 15 is 0 Å². The van der Waals surface area contributed by atoms with Gasteiger partial charge in [0.15, 0.2) is 0 Å². The van der Waals surface area contributed by atoms with Crippen LogP contribution >= 0.6 is 0 Å². The van der Waals surface area contributed by atoms with E-state index in [-0.39, 0.29) is 17.4 Å². The average Bonchev–Trinajstić information content (AvgIpc) is 3.55. The summed E-state index contributed by atoms with van der Waals surface area (Å²) in [4.78, 5) is 16.6. The van der Waals surface area contributed by atoms with Crippen molar-refractivity contribution >= 4 is 5.95 Å². The van der Waals surface area contributed by atoms with E-state index in [1.807, 2.05) is 6.07 Å². The highest BCUT2D eigenvalue weighted by atomic mass is 16.5. The molecule has 5 nitrogen and oxygen atoms in total. The van der Waals surface area contributed by atoms with Crippen molar-refractivity contribution in [1.82, 2.24) is 9.55 Å². The summed E-state index contributed by atoms with van der Waals surface area (Å²) in [6.45, 7) is 0.826. The molecule has 2 saturated carbocycles. The molecule has 3 aromatic rings. The number of nitrogen functional groups attached to an aromatic ring is 1. The highest BCUT2D eigenvalue weighted by Crippen LogP contribution is 2.48. The van der Waals surface area contributed by atoms with E-state index in [2.05, 4.69) is 47.4 Å². The van der Waals surface area contributed by atoms with E-state index in [0.717, 1.165) is 36.8 Å². The summed E-state index contributed by atoms with van der Waals surface area (Å²) in [5.41, 5.74) is 10.3. The van der Waals surface area contributed by atoms with Crippen LogP contribution < -0.4 is 16.0 Å². The maximum Gasteiger partial charge on any atom is 0.254 e. The number of ether oxygens (including phenoxy) is 1. The largest absolute Gasteiger partial charge is 0.493 e. The van der Waals surface area contributed by atoms with Crippen molar-refractivity contribution in [3.63, 3.8) is 0 Å². The summed E-state index contributed by atoms with van der Waals surface area (Å²) >= 11 is 0. The Labute approximate surface area is 176 Å². The number of hydrogen-bond donors (Lipinski definition) is 1. The van der Waals surface area contributed by atoms with Gasteiger partial charge in [-0.3, -0.25) is 9.36 Å². The Morgan fingerprint density at radius 3 is 2.43 bits per heavy atom. The molecule has 0 amide bonds. The number of nitrogens with two attached hydrogens (primary N) is 1. The Balaban J connectivity index is 1.33. The SMILES string of the molecule is Cn1c(N)nc(C2CCC2c2ccc(-c3cccc(OCC4CC4)c3)cc2)cc1=O. The summed E-state index contributed by atoms with van der Waals surface area (Å²) in [5.74, 6) is 2.61. The number of aromatic nitrogens is 2. The molecule has 2 aromatic carbocycles. The molecule has 2 atom stereocenters. The van der Waals surface area contributed by atoms with E-state index in [4.69, 9.17) is 10.5 Å². The quantitative estimate of drug-likeness (QED) is 0.661. The van der Waals surface area contributed by atoms with Gasteiger partial charge in [0.2, 0.25) is 5.95 Å². The van der Waals surface area contributed by atoms with Crippen LogP contribution in [-0.4, -0.2) is 16.2 Å². The van der Waals surface area contributed by atoms with Crippen LogP contribution in [0.4, 0.5) is 5.95 Å². The van der Waals surface area contributed by atoms with E-state index < -0.39 is 0 Å². The van der Waals surface area contributed by atoms with Gasteiger partial charge in [-0.1, -0.05) is 36.4 Å². The minimum Gasteiger partial charge on any atom is -0.493 e. The molecule has 0 spiro atoms. The molecule has 5 heteroatoms. The summed E-state index contributed by atoms with van der Waals surface area (Å²) < 4.78 is 7.31. The number of benzene rings is 2. The number of nitrogens with zero attached hydrogens (tertiary/aromatic N) is 2. The van der Waals surface area contributed by atoms with Gasteiger partial charge in [0.1, 0.15) is 5.75 Å². The van der Waals surface area contributed by atoms with Gasteiger partial charge < -0.3 is 10.5 Å². The summed E-state index contributed by atoms with van der Waals surface area (Å²) in [5, 5.41) is 0. The predicted octanol–water partition coefficient (Wildman–Crippen LogP) is 4.48. The highest BCUT2D eigenvalue weighted by molar-refractivity contribution is 5.65. The first-order valence-electron chi connectivity index (χ1n) is 10.7. The zero-order valence-electron chi connectivity index (χ0n) is 17.3. The van der Waals surface area contributed by atoms with Gasteiger partial charge in [-0.15, -0.1) is 0 Å². The molecule has 30 heavy (non-hydrogen) atoms. The standard InChI is InChI=1S/C25H27N3O2/c1-28-24(29)14-23(27-25(28)26)22-12-11-21(22)18-9-7-17(8-10-18)19-3-2-4-20(13-19)30-15-16-5-6-16/h2-4,7-10,13-14,16,21-22H,5-6,11-12,15H2,1H3,(H2,26,27). The molecular weight excluding hydrogens is 374 g/mol. The lowest BCUT2D eigenvalue weighted by atomic mass is 9.68. The fraction of sp³-hybridized carbons (Fsp3) is 0.360. The summed E-state index contributed by atoms with van der Waals surface area (Å²) in [6, 6.07) is 18.7. The lowest BCUT2D eigenvalue weighted by Gasteiger charge is -2.36. The highest BCUT2D eigenvalue weighted by Gasteiger charge is 2.34. The third kappa shape index (κ3) is 3.72. The van der Waals surface area contributed by atoms with Crippen molar-refractivity contribution in [2.24, 2.45) is 13.0 Å². The van der Waals surface area contributed by atoms with Crippen LogP contribution in [0.3, 0.4) is 0 Å². The second-order valence-corrected chi connectivity index (χ2v) is 8.63. The van der Waals surface area contributed by atoms with Gasteiger partial charge in [0.05, 0.1) is 12.3 Å². The number of anilines is 1. The van der Waals surface area contributed by atoms with E-state index in [1.165, 1.54) is 34.1 Å². The zero-order valence-corrected chi connectivity index (χ0v) is 17.3. The van der Waals surface area contributed by atoms with Gasteiger partial charge in [-0.25, -0.2) is 4.98 Å². The fourth-order valence-corrected chi connectivity index (χ4v) is 4.21. The Morgan fingerprint density at radius 1 is 1.00 bits per heavy atom. The van der Waals surface area contributed by atoms with Gasteiger partial charge in [-0.05, 0) is 66.3 Å². The molecule has 5 rings (SSSR count). The molecule has 0 radical (unpaired) electrons. The van der Waals surface area contributed by atoms with Gasteiger partial charge in [0, 0.05) is 19.0 Å². The minimum atomic E-state index is -0.0951. The molecule has 1 heterocycles. The maximum atomic E-state index is 12.1. The molecule has 0 bridgehead atoms. The van der Waals surface area contributed by atoms with Crippen molar-refractivity contribution in [3.8, 4) is 16.9 Å². The lowest BCUT2D eigenvalue weighted by molar-refractivity contribution is 0.300. The minimum absolute atomic E-state index is 0.0951. The Hall–Kier alpha value is -3.08. The van der Waals surface area contributed by atoms with Crippen LogP contribution in [0.25, 0.3) is 11.1 Å². The molecular formula is C25H27N3O2. The molecule has 0 saturated heterocycles. The van der Waals surface area contributed by atoms with E-state index in [9.17, 15) is 4.79 Å². The van der Waals surface area contributed by atoms with Crippen molar-refractivity contribution in [1.29, 1.82) is 0 Å². The van der Waals surface area contributed by atoms with Crippen LogP contribution in [0.15, 0.2) is 59.4 Å². The first-order valence-corrected chi connectivity index (χ1v) is 10.7. The maximum absolute atomic E-state index is 12.1. The molecule has 0 aliphatic heterocycles.